The highest BCUT2D eigenvalue weighted by molar-refractivity contribution is 5.74. The zero-order valence-electron chi connectivity index (χ0n) is 13.3. The molecule has 8 heteroatoms. The van der Waals surface area contributed by atoms with Gasteiger partial charge in [0.1, 0.15) is 6.10 Å². The fourth-order valence-corrected chi connectivity index (χ4v) is 2.92. The van der Waals surface area contributed by atoms with Crippen LogP contribution in [0.3, 0.4) is 0 Å². The number of likely N-dealkylation sites (tertiary alicyclic amines) is 1. The van der Waals surface area contributed by atoms with Gasteiger partial charge in [0.2, 0.25) is 0 Å². The van der Waals surface area contributed by atoms with E-state index in [1.165, 1.54) is 0 Å². The minimum Gasteiger partial charge on any atom is -0.458 e. The number of piperazine rings is 1. The standard InChI is InChI=1S/C15H22FN5O2/c1-19-5-7-20(8-6-19)15(22)21-4-2-3-13(11-21)23-14-17-9-12(16)10-18-14/h9-10,13H,2-8,11H2,1H3/t13-/m0/s1. The van der Waals surface area contributed by atoms with Crippen LogP contribution in [-0.4, -0.2) is 83.1 Å². The number of aromatic nitrogens is 2. The van der Waals surface area contributed by atoms with Gasteiger partial charge in [0.25, 0.3) is 0 Å². The predicted molar refractivity (Wildman–Crippen MR) is 81.7 cm³/mol. The van der Waals surface area contributed by atoms with Gasteiger partial charge in [-0.3, -0.25) is 0 Å². The molecule has 1 aromatic heterocycles. The second kappa shape index (κ2) is 7.08. The van der Waals surface area contributed by atoms with Crippen LogP contribution in [0.1, 0.15) is 12.8 Å². The fraction of sp³-hybridized carbons (Fsp3) is 0.667. The number of ether oxygens (including phenoxy) is 1. The number of hydrogen-bond donors (Lipinski definition) is 0. The first-order valence-electron chi connectivity index (χ1n) is 7.98. The first-order valence-corrected chi connectivity index (χ1v) is 7.98. The number of amides is 2. The van der Waals surface area contributed by atoms with Crippen molar-refractivity contribution in [1.29, 1.82) is 0 Å². The van der Waals surface area contributed by atoms with Crippen molar-refractivity contribution in [2.24, 2.45) is 0 Å². The molecule has 0 aromatic carbocycles. The van der Waals surface area contributed by atoms with E-state index < -0.39 is 5.82 Å². The third-order valence-corrected chi connectivity index (χ3v) is 4.29. The van der Waals surface area contributed by atoms with Crippen molar-refractivity contribution in [3.63, 3.8) is 0 Å². The lowest BCUT2D eigenvalue weighted by Crippen LogP contribution is -2.54. The summed E-state index contributed by atoms with van der Waals surface area (Å²) in [6, 6.07) is 0.233. The summed E-state index contributed by atoms with van der Waals surface area (Å²) >= 11 is 0. The van der Waals surface area contributed by atoms with Crippen LogP contribution in [-0.2, 0) is 0 Å². The molecular weight excluding hydrogens is 301 g/mol. The summed E-state index contributed by atoms with van der Waals surface area (Å²) in [7, 11) is 2.06. The molecule has 3 heterocycles. The molecule has 0 saturated carbocycles. The van der Waals surface area contributed by atoms with Gasteiger partial charge in [0.05, 0.1) is 18.9 Å². The van der Waals surface area contributed by atoms with E-state index in [1.54, 1.807) is 0 Å². The number of hydrogen-bond acceptors (Lipinski definition) is 5. The molecular formula is C15H22FN5O2. The second-order valence-electron chi connectivity index (χ2n) is 6.08. The van der Waals surface area contributed by atoms with Gasteiger partial charge in [0, 0.05) is 32.7 Å². The van der Waals surface area contributed by atoms with Crippen LogP contribution in [0.2, 0.25) is 0 Å². The largest absolute Gasteiger partial charge is 0.458 e. The highest BCUT2D eigenvalue weighted by atomic mass is 19.1. The summed E-state index contributed by atoms with van der Waals surface area (Å²) < 4.78 is 18.5. The summed E-state index contributed by atoms with van der Waals surface area (Å²) in [4.78, 5) is 26.2. The SMILES string of the molecule is CN1CCN(C(=O)N2CCC[C@H](Oc3ncc(F)cn3)C2)CC1. The van der Waals surface area contributed by atoms with Crippen molar-refractivity contribution in [2.45, 2.75) is 18.9 Å². The fourth-order valence-electron chi connectivity index (χ4n) is 2.92. The average Bonchev–Trinajstić information content (AvgIpc) is 2.57. The first kappa shape index (κ1) is 15.9. The van der Waals surface area contributed by atoms with Gasteiger partial charge in [-0.05, 0) is 19.9 Å². The number of likely N-dealkylation sites (N-methyl/N-ethyl adjacent to an activating group) is 1. The van der Waals surface area contributed by atoms with Gasteiger partial charge in [-0.1, -0.05) is 0 Å². The molecule has 0 N–H and O–H groups in total. The maximum Gasteiger partial charge on any atom is 0.320 e. The molecule has 2 saturated heterocycles. The summed E-state index contributed by atoms with van der Waals surface area (Å²) in [5, 5.41) is 0. The molecule has 23 heavy (non-hydrogen) atoms. The lowest BCUT2D eigenvalue weighted by Gasteiger charge is -2.39. The van der Waals surface area contributed by atoms with E-state index in [0.717, 1.165) is 58.0 Å². The highest BCUT2D eigenvalue weighted by Crippen LogP contribution is 2.17. The van der Waals surface area contributed by atoms with E-state index in [-0.39, 0.29) is 18.1 Å². The Balaban J connectivity index is 1.55. The highest BCUT2D eigenvalue weighted by Gasteiger charge is 2.29. The molecule has 2 aliphatic rings. The van der Waals surface area contributed by atoms with Crippen molar-refractivity contribution in [2.75, 3.05) is 46.3 Å². The number of urea groups is 1. The van der Waals surface area contributed by atoms with Gasteiger partial charge in [0.15, 0.2) is 5.82 Å². The number of nitrogens with zero attached hydrogens (tertiary/aromatic N) is 5. The van der Waals surface area contributed by atoms with E-state index in [1.807, 2.05) is 9.80 Å². The van der Waals surface area contributed by atoms with E-state index in [0.29, 0.717) is 6.54 Å². The summed E-state index contributed by atoms with van der Waals surface area (Å²) in [5.74, 6) is -0.493. The molecule has 2 fully saturated rings. The van der Waals surface area contributed by atoms with Crippen molar-refractivity contribution < 1.29 is 13.9 Å². The molecule has 0 unspecified atom stereocenters. The average molecular weight is 323 g/mol. The molecule has 0 spiro atoms. The summed E-state index contributed by atoms with van der Waals surface area (Å²) in [5.41, 5.74) is 0. The van der Waals surface area contributed by atoms with Crippen molar-refractivity contribution >= 4 is 6.03 Å². The number of carbonyl (C=O) groups is 1. The summed E-state index contributed by atoms with van der Waals surface area (Å²) in [6.45, 7) is 4.60. The molecule has 0 radical (unpaired) electrons. The van der Waals surface area contributed by atoms with Crippen LogP contribution in [0.25, 0.3) is 0 Å². The first-order chi connectivity index (χ1) is 11.1. The normalized spacial score (nSPS) is 23.0. The Hall–Kier alpha value is -1.96. The van der Waals surface area contributed by atoms with Crippen LogP contribution in [0.5, 0.6) is 6.01 Å². The Morgan fingerprint density at radius 1 is 1.17 bits per heavy atom. The molecule has 2 aliphatic heterocycles. The molecule has 0 bridgehead atoms. The van der Waals surface area contributed by atoms with E-state index in [4.69, 9.17) is 4.74 Å². The van der Waals surface area contributed by atoms with E-state index >= 15 is 0 Å². The van der Waals surface area contributed by atoms with Crippen molar-refractivity contribution in [1.82, 2.24) is 24.7 Å². The lowest BCUT2D eigenvalue weighted by molar-refractivity contribution is 0.0706. The van der Waals surface area contributed by atoms with Crippen molar-refractivity contribution in [3.8, 4) is 6.01 Å². The minimum absolute atomic E-state index is 0.0754. The van der Waals surface area contributed by atoms with Crippen LogP contribution in [0.4, 0.5) is 9.18 Å². The topological polar surface area (TPSA) is 61.8 Å². The Bertz CT molecular complexity index is 533. The Morgan fingerprint density at radius 3 is 2.57 bits per heavy atom. The van der Waals surface area contributed by atoms with Gasteiger partial charge in [-0.25, -0.2) is 19.2 Å². The quantitative estimate of drug-likeness (QED) is 0.807. The van der Waals surface area contributed by atoms with Crippen LogP contribution in [0.15, 0.2) is 12.4 Å². The third kappa shape index (κ3) is 4.07. The van der Waals surface area contributed by atoms with Crippen molar-refractivity contribution in [3.05, 3.63) is 18.2 Å². The van der Waals surface area contributed by atoms with E-state index in [2.05, 4.69) is 21.9 Å². The smallest absolute Gasteiger partial charge is 0.320 e. The third-order valence-electron chi connectivity index (χ3n) is 4.29. The predicted octanol–water partition coefficient (Wildman–Crippen LogP) is 0.826. The molecule has 126 valence electrons. The molecule has 2 amide bonds. The molecule has 1 atom stereocenters. The Labute approximate surface area is 135 Å². The van der Waals surface area contributed by atoms with Crippen LogP contribution in [0, 0.1) is 5.82 Å². The number of halogens is 1. The number of piperidine rings is 1. The Morgan fingerprint density at radius 2 is 1.87 bits per heavy atom. The van der Waals surface area contributed by atoms with Gasteiger partial charge in [-0.2, -0.15) is 0 Å². The molecule has 0 aliphatic carbocycles. The molecule has 1 aromatic rings. The zero-order chi connectivity index (χ0) is 16.2. The van der Waals surface area contributed by atoms with Crippen LogP contribution < -0.4 is 4.74 Å². The molecule has 3 rings (SSSR count). The number of rotatable bonds is 2. The lowest BCUT2D eigenvalue weighted by atomic mass is 10.1. The zero-order valence-corrected chi connectivity index (χ0v) is 13.3. The van der Waals surface area contributed by atoms with Gasteiger partial charge < -0.3 is 19.4 Å². The molecule has 7 nitrogen and oxygen atoms in total. The number of carbonyl (C=O) groups excluding carboxylic acids is 1. The second-order valence-corrected chi connectivity index (χ2v) is 6.08. The summed E-state index contributed by atoms with van der Waals surface area (Å²) in [6.07, 6.45) is 3.74. The van der Waals surface area contributed by atoms with E-state index in [9.17, 15) is 9.18 Å². The van der Waals surface area contributed by atoms with Gasteiger partial charge in [-0.15, -0.1) is 0 Å². The van der Waals surface area contributed by atoms with Crippen LogP contribution >= 0.6 is 0 Å². The minimum atomic E-state index is -0.493. The van der Waals surface area contributed by atoms with Gasteiger partial charge >= 0.3 is 12.0 Å². The maximum absolute atomic E-state index is 12.8. The Kier molecular flexibility index (Phi) is 4.90. The monoisotopic (exact) mass is 323 g/mol. The maximum atomic E-state index is 12.8.